The number of fused-ring (bicyclic) bond motifs is 5. The van der Waals surface area contributed by atoms with Crippen molar-refractivity contribution in [3.63, 3.8) is 0 Å². The van der Waals surface area contributed by atoms with Gasteiger partial charge in [0.1, 0.15) is 11.9 Å². The molecule has 3 fully saturated rings. The summed E-state index contributed by atoms with van der Waals surface area (Å²) in [6, 6.07) is 0. The number of Topliss-reactive ketones (excluding diaryl/α,β-unsaturated/α-hetero) is 2. The molecular formula is C34H52O3. The highest BCUT2D eigenvalue weighted by atomic mass is 16.3. The minimum atomic E-state index is -1.01. The van der Waals surface area contributed by atoms with E-state index in [-0.39, 0.29) is 39.8 Å². The van der Waals surface area contributed by atoms with Gasteiger partial charge in [0.25, 0.3) is 0 Å². The second kappa shape index (κ2) is 8.03. The Kier molecular flexibility index (Phi) is 6.19. The van der Waals surface area contributed by atoms with Crippen LogP contribution in [0.3, 0.4) is 0 Å². The Labute approximate surface area is 226 Å². The van der Waals surface area contributed by atoms with Gasteiger partial charge in [-0.2, -0.15) is 0 Å². The van der Waals surface area contributed by atoms with E-state index in [4.69, 9.17) is 0 Å². The molecule has 37 heavy (non-hydrogen) atoms. The zero-order chi connectivity index (χ0) is 28.2. The Morgan fingerprint density at radius 3 is 2.22 bits per heavy atom. The SMILES string of the molecule is C=C(C=CC(C)(C)C)C(C)C1(C)CCC2C1(C)CC(=O)C1(C)C3(C)CC(=O)C(O)C(C)(C)C3=CCC21C. The summed E-state index contributed by atoms with van der Waals surface area (Å²) in [5.74, 6) is 0.813. The van der Waals surface area contributed by atoms with Gasteiger partial charge in [0.2, 0.25) is 0 Å². The van der Waals surface area contributed by atoms with Crippen molar-refractivity contribution < 1.29 is 14.7 Å². The van der Waals surface area contributed by atoms with E-state index in [1.807, 2.05) is 13.8 Å². The Morgan fingerprint density at radius 1 is 1.05 bits per heavy atom. The molecule has 4 rings (SSSR count). The minimum absolute atomic E-state index is 0.0419. The summed E-state index contributed by atoms with van der Waals surface area (Å²) in [6.07, 6.45) is 9.54. The number of rotatable bonds is 3. The highest BCUT2D eigenvalue weighted by Gasteiger charge is 2.76. The Morgan fingerprint density at radius 2 is 1.65 bits per heavy atom. The first-order valence-corrected chi connectivity index (χ1v) is 14.5. The van der Waals surface area contributed by atoms with Crippen molar-refractivity contribution in [1.29, 1.82) is 0 Å². The number of aliphatic hydroxyl groups excluding tert-OH is 1. The zero-order valence-electron chi connectivity index (χ0n) is 25.5. The first-order valence-electron chi connectivity index (χ1n) is 14.5. The number of aliphatic hydroxyl groups is 1. The maximum Gasteiger partial charge on any atom is 0.163 e. The lowest BCUT2D eigenvalue weighted by molar-refractivity contribution is -0.196. The molecule has 0 aromatic heterocycles. The Hall–Kier alpha value is -1.48. The number of carbonyl (C=O) groups excluding carboxylic acids is 2. The van der Waals surface area contributed by atoms with Gasteiger partial charge in [-0.1, -0.05) is 112 Å². The van der Waals surface area contributed by atoms with Gasteiger partial charge in [0.15, 0.2) is 5.78 Å². The average Bonchev–Trinajstić information content (AvgIpc) is 3.04. The molecule has 8 unspecified atom stereocenters. The van der Waals surface area contributed by atoms with Crippen LogP contribution in [-0.2, 0) is 9.59 Å². The van der Waals surface area contributed by atoms with Crippen molar-refractivity contribution >= 4 is 11.6 Å². The molecule has 0 spiro atoms. The van der Waals surface area contributed by atoms with Gasteiger partial charge in [-0.3, -0.25) is 9.59 Å². The molecule has 4 aliphatic rings. The largest absolute Gasteiger partial charge is 0.384 e. The fourth-order valence-corrected chi connectivity index (χ4v) is 9.93. The van der Waals surface area contributed by atoms with E-state index in [9.17, 15) is 14.7 Å². The monoisotopic (exact) mass is 508 g/mol. The summed E-state index contributed by atoms with van der Waals surface area (Å²) in [5.41, 5.74) is 0.0174. The van der Waals surface area contributed by atoms with Crippen LogP contribution in [0.1, 0.15) is 108 Å². The Bertz CT molecular complexity index is 1100. The normalized spacial score (nSPS) is 46.2. The predicted octanol–water partition coefficient (Wildman–Crippen LogP) is 7.89. The number of ketones is 2. The third kappa shape index (κ3) is 3.41. The number of carbonyl (C=O) groups is 2. The van der Waals surface area contributed by atoms with Crippen molar-refractivity contribution in [2.45, 2.75) is 114 Å². The maximum atomic E-state index is 14.7. The van der Waals surface area contributed by atoms with Crippen molar-refractivity contribution in [3.05, 3.63) is 36.0 Å². The lowest BCUT2D eigenvalue weighted by Crippen LogP contribution is -2.69. The van der Waals surface area contributed by atoms with Crippen molar-refractivity contribution in [2.75, 3.05) is 0 Å². The third-order valence-electron chi connectivity index (χ3n) is 13.0. The van der Waals surface area contributed by atoms with Crippen molar-refractivity contribution in [1.82, 2.24) is 0 Å². The van der Waals surface area contributed by atoms with Gasteiger partial charge in [0.05, 0.1) is 0 Å². The summed E-state index contributed by atoms with van der Waals surface area (Å²) in [4.78, 5) is 27.8. The van der Waals surface area contributed by atoms with Crippen LogP contribution in [0.2, 0.25) is 0 Å². The minimum Gasteiger partial charge on any atom is -0.384 e. The van der Waals surface area contributed by atoms with Crippen LogP contribution in [0.5, 0.6) is 0 Å². The van der Waals surface area contributed by atoms with E-state index in [2.05, 4.69) is 87.1 Å². The molecule has 0 aliphatic heterocycles. The van der Waals surface area contributed by atoms with E-state index >= 15 is 0 Å². The number of hydrogen-bond donors (Lipinski definition) is 1. The summed E-state index contributed by atoms with van der Waals surface area (Å²) in [5, 5.41) is 10.8. The van der Waals surface area contributed by atoms with Gasteiger partial charge in [-0.05, 0) is 52.8 Å². The first kappa shape index (κ1) is 28.5. The molecule has 0 saturated heterocycles. The Balaban J connectivity index is 1.81. The molecule has 0 bridgehead atoms. The summed E-state index contributed by atoms with van der Waals surface area (Å²) in [6.45, 7) is 28.9. The molecule has 0 amide bonds. The van der Waals surface area contributed by atoms with E-state index in [0.717, 1.165) is 30.4 Å². The van der Waals surface area contributed by atoms with Gasteiger partial charge in [0, 0.05) is 29.1 Å². The molecule has 1 N–H and O–H groups in total. The quantitative estimate of drug-likeness (QED) is 0.311. The molecule has 4 aliphatic carbocycles. The number of hydrogen-bond acceptors (Lipinski definition) is 3. The van der Waals surface area contributed by atoms with E-state index in [1.54, 1.807) is 0 Å². The molecule has 3 saturated carbocycles. The maximum absolute atomic E-state index is 14.7. The molecule has 206 valence electrons. The topological polar surface area (TPSA) is 54.4 Å². The van der Waals surface area contributed by atoms with Gasteiger partial charge < -0.3 is 5.11 Å². The van der Waals surface area contributed by atoms with Crippen LogP contribution < -0.4 is 0 Å². The lowest BCUT2D eigenvalue weighted by Gasteiger charge is -2.70. The van der Waals surface area contributed by atoms with E-state index < -0.39 is 22.3 Å². The van der Waals surface area contributed by atoms with Gasteiger partial charge in [-0.15, -0.1) is 0 Å². The van der Waals surface area contributed by atoms with E-state index in [0.29, 0.717) is 18.1 Å². The van der Waals surface area contributed by atoms with Crippen LogP contribution >= 0.6 is 0 Å². The van der Waals surface area contributed by atoms with Crippen LogP contribution in [0.4, 0.5) is 0 Å². The molecule has 3 nitrogen and oxygen atoms in total. The second-order valence-corrected chi connectivity index (χ2v) is 16.0. The molecule has 0 radical (unpaired) electrons. The molecule has 8 atom stereocenters. The van der Waals surface area contributed by atoms with E-state index in [1.165, 1.54) is 0 Å². The first-order chi connectivity index (χ1) is 16.6. The molecule has 0 heterocycles. The van der Waals surface area contributed by atoms with Crippen LogP contribution in [0.25, 0.3) is 0 Å². The molecule has 0 aromatic rings. The highest BCUT2D eigenvalue weighted by molar-refractivity contribution is 5.93. The van der Waals surface area contributed by atoms with Crippen LogP contribution in [0, 0.1) is 49.7 Å². The average molecular weight is 509 g/mol. The van der Waals surface area contributed by atoms with Gasteiger partial charge >= 0.3 is 0 Å². The van der Waals surface area contributed by atoms with Crippen LogP contribution in [-0.4, -0.2) is 22.8 Å². The summed E-state index contributed by atoms with van der Waals surface area (Å²) in [7, 11) is 0. The second-order valence-electron chi connectivity index (χ2n) is 16.0. The fraction of sp³-hybridized carbons (Fsp3) is 0.765. The van der Waals surface area contributed by atoms with Gasteiger partial charge in [-0.25, -0.2) is 0 Å². The predicted molar refractivity (Wildman–Crippen MR) is 152 cm³/mol. The molecular weight excluding hydrogens is 456 g/mol. The lowest BCUT2D eigenvalue weighted by atomic mass is 9.32. The zero-order valence-corrected chi connectivity index (χ0v) is 25.5. The fourth-order valence-electron chi connectivity index (χ4n) is 9.93. The smallest absolute Gasteiger partial charge is 0.163 e. The third-order valence-corrected chi connectivity index (χ3v) is 13.0. The summed E-state index contributed by atoms with van der Waals surface area (Å²) >= 11 is 0. The standard InChI is InChI=1S/C34H52O3/c1-21(13-16-28(3,4)5)22(2)30(8)17-15-25-31(9)18-14-24-29(6,7)27(37)23(35)19-33(24,11)34(31,12)26(36)20-32(25,30)10/h13-14,16,22,25,27,37H,1,15,17-20H2,2-12H3. The molecule has 0 aromatic carbocycles. The van der Waals surface area contributed by atoms with Crippen molar-refractivity contribution in [3.8, 4) is 0 Å². The van der Waals surface area contributed by atoms with Crippen molar-refractivity contribution in [2.24, 2.45) is 49.7 Å². The van der Waals surface area contributed by atoms with Crippen LogP contribution in [0.15, 0.2) is 36.0 Å². The summed E-state index contributed by atoms with van der Waals surface area (Å²) < 4.78 is 0. The molecule has 3 heteroatoms. The number of allylic oxidation sites excluding steroid dienone is 4. The highest BCUT2D eigenvalue weighted by Crippen LogP contribution is 2.78.